The van der Waals surface area contributed by atoms with E-state index >= 15 is 0 Å². The SMILES string of the molecule is CCC(C)(C)OCCOc1ccccc1C(=O)NN. The first-order valence-corrected chi connectivity index (χ1v) is 6.37. The molecule has 0 bridgehead atoms. The number of nitrogens with one attached hydrogen (secondary N) is 1. The van der Waals surface area contributed by atoms with Gasteiger partial charge in [0, 0.05) is 0 Å². The van der Waals surface area contributed by atoms with Crippen molar-refractivity contribution in [2.24, 2.45) is 5.84 Å². The van der Waals surface area contributed by atoms with Crippen LogP contribution in [0.1, 0.15) is 37.6 Å². The van der Waals surface area contributed by atoms with Crippen LogP contribution in [0.25, 0.3) is 0 Å². The summed E-state index contributed by atoms with van der Waals surface area (Å²) in [6, 6.07) is 6.96. The van der Waals surface area contributed by atoms with Crippen LogP contribution >= 0.6 is 0 Å². The maximum atomic E-state index is 11.5. The van der Waals surface area contributed by atoms with E-state index in [-0.39, 0.29) is 11.5 Å². The number of carbonyl (C=O) groups excluding carboxylic acids is 1. The summed E-state index contributed by atoms with van der Waals surface area (Å²) in [6.07, 6.45) is 0.930. The Kier molecular flexibility index (Phi) is 5.79. The van der Waals surface area contributed by atoms with Crippen molar-refractivity contribution in [3.05, 3.63) is 29.8 Å². The molecule has 0 aliphatic carbocycles. The van der Waals surface area contributed by atoms with Crippen LogP contribution in [0.4, 0.5) is 0 Å². The third kappa shape index (κ3) is 4.89. The topological polar surface area (TPSA) is 73.6 Å². The summed E-state index contributed by atoms with van der Waals surface area (Å²) in [5, 5.41) is 0. The van der Waals surface area contributed by atoms with E-state index in [0.717, 1.165) is 6.42 Å². The predicted octanol–water partition coefficient (Wildman–Crippen LogP) is 1.87. The van der Waals surface area contributed by atoms with Crippen molar-refractivity contribution in [2.45, 2.75) is 32.8 Å². The highest BCUT2D eigenvalue weighted by Gasteiger charge is 2.15. The number of nitrogens with two attached hydrogens (primary N) is 1. The van der Waals surface area contributed by atoms with Gasteiger partial charge < -0.3 is 9.47 Å². The Hall–Kier alpha value is -1.59. The summed E-state index contributed by atoms with van der Waals surface area (Å²) in [5.41, 5.74) is 2.36. The Morgan fingerprint density at radius 1 is 1.32 bits per heavy atom. The highest BCUT2D eigenvalue weighted by molar-refractivity contribution is 5.96. The molecule has 1 amide bonds. The molecule has 0 spiro atoms. The van der Waals surface area contributed by atoms with Gasteiger partial charge in [-0.05, 0) is 32.4 Å². The quantitative estimate of drug-likeness (QED) is 0.342. The van der Waals surface area contributed by atoms with Crippen molar-refractivity contribution in [3.63, 3.8) is 0 Å². The number of rotatable bonds is 7. The zero-order valence-electron chi connectivity index (χ0n) is 11.7. The number of para-hydroxylation sites is 1. The summed E-state index contributed by atoms with van der Waals surface area (Å²) >= 11 is 0. The lowest BCUT2D eigenvalue weighted by atomic mass is 10.1. The first kappa shape index (κ1) is 15.5. The van der Waals surface area contributed by atoms with Gasteiger partial charge in [-0.1, -0.05) is 19.1 Å². The molecule has 5 heteroatoms. The van der Waals surface area contributed by atoms with Gasteiger partial charge in [-0.2, -0.15) is 0 Å². The third-order valence-corrected chi connectivity index (χ3v) is 2.95. The monoisotopic (exact) mass is 266 g/mol. The Bertz CT molecular complexity index is 419. The Balaban J connectivity index is 2.52. The highest BCUT2D eigenvalue weighted by Crippen LogP contribution is 2.18. The molecule has 0 atom stereocenters. The van der Waals surface area contributed by atoms with Crippen LogP contribution in [0, 0.1) is 0 Å². The number of hydrazine groups is 1. The molecule has 0 saturated heterocycles. The molecule has 0 aromatic heterocycles. The van der Waals surface area contributed by atoms with E-state index in [9.17, 15) is 4.79 Å². The smallest absolute Gasteiger partial charge is 0.268 e. The van der Waals surface area contributed by atoms with Gasteiger partial charge in [0.05, 0.1) is 17.8 Å². The lowest BCUT2D eigenvalue weighted by Crippen LogP contribution is -2.30. The van der Waals surface area contributed by atoms with Crippen LogP contribution in [-0.4, -0.2) is 24.7 Å². The van der Waals surface area contributed by atoms with Gasteiger partial charge >= 0.3 is 0 Å². The first-order valence-electron chi connectivity index (χ1n) is 6.37. The van der Waals surface area contributed by atoms with E-state index < -0.39 is 0 Å². The molecular formula is C14H22N2O3. The summed E-state index contributed by atoms with van der Waals surface area (Å²) in [6.45, 7) is 6.99. The number of nitrogen functional groups attached to an aromatic ring is 1. The molecular weight excluding hydrogens is 244 g/mol. The normalized spacial score (nSPS) is 11.2. The number of carbonyl (C=O) groups is 1. The number of hydrogen-bond acceptors (Lipinski definition) is 4. The lowest BCUT2D eigenvalue weighted by Gasteiger charge is -2.23. The fraction of sp³-hybridized carbons (Fsp3) is 0.500. The molecule has 0 aliphatic rings. The maximum Gasteiger partial charge on any atom is 0.268 e. The van der Waals surface area contributed by atoms with Gasteiger partial charge in [-0.3, -0.25) is 10.2 Å². The molecule has 0 heterocycles. The molecule has 106 valence electrons. The number of ether oxygens (including phenoxy) is 2. The van der Waals surface area contributed by atoms with Crippen LogP contribution in [0.5, 0.6) is 5.75 Å². The maximum absolute atomic E-state index is 11.5. The van der Waals surface area contributed by atoms with Crippen molar-refractivity contribution in [1.82, 2.24) is 5.43 Å². The Morgan fingerprint density at radius 2 is 2.00 bits per heavy atom. The van der Waals surface area contributed by atoms with Crippen molar-refractivity contribution in [3.8, 4) is 5.75 Å². The van der Waals surface area contributed by atoms with E-state index in [1.807, 2.05) is 13.8 Å². The van der Waals surface area contributed by atoms with Gasteiger partial charge in [-0.15, -0.1) is 0 Å². The van der Waals surface area contributed by atoms with Crippen molar-refractivity contribution >= 4 is 5.91 Å². The molecule has 0 fully saturated rings. The predicted molar refractivity (Wildman–Crippen MR) is 73.9 cm³/mol. The fourth-order valence-corrected chi connectivity index (χ4v) is 1.43. The zero-order chi connectivity index (χ0) is 14.3. The second-order valence-corrected chi connectivity index (χ2v) is 4.78. The minimum atomic E-state index is -0.370. The van der Waals surface area contributed by atoms with Gasteiger partial charge in [-0.25, -0.2) is 5.84 Å². The first-order chi connectivity index (χ1) is 9.00. The third-order valence-electron chi connectivity index (χ3n) is 2.95. The van der Waals surface area contributed by atoms with E-state index in [1.165, 1.54) is 0 Å². The van der Waals surface area contributed by atoms with Gasteiger partial charge in [0.2, 0.25) is 0 Å². The van der Waals surface area contributed by atoms with E-state index in [1.54, 1.807) is 24.3 Å². The van der Waals surface area contributed by atoms with Crippen LogP contribution in [0.3, 0.4) is 0 Å². The molecule has 1 rings (SSSR count). The minimum absolute atomic E-state index is 0.155. The lowest BCUT2D eigenvalue weighted by molar-refractivity contribution is -0.0318. The Morgan fingerprint density at radius 3 is 2.63 bits per heavy atom. The molecule has 0 radical (unpaired) electrons. The number of benzene rings is 1. The Labute approximate surface area is 114 Å². The van der Waals surface area contributed by atoms with Gasteiger partial charge in [0.1, 0.15) is 12.4 Å². The molecule has 1 aromatic carbocycles. The number of amides is 1. The summed E-state index contributed by atoms with van der Waals surface area (Å²) in [4.78, 5) is 11.5. The summed E-state index contributed by atoms with van der Waals surface area (Å²) in [7, 11) is 0. The van der Waals surface area contributed by atoms with Crippen molar-refractivity contribution in [2.75, 3.05) is 13.2 Å². The average molecular weight is 266 g/mol. The van der Waals surface area contributed by atoms with Gasteiger partial charge in [0.15, 0.2) is 0 Å². The van der Waals surface area contributed by atoms with Crippen LogP contribution in [0.2, 0.25) is 0 Å². The molecule has 1 aromatic rings. The molecule has 3 N–H and O–H groups in total. The minimum Gasteiger partial charge on any atom is -0.490 e. The van der Waals surface area contributed by atoms with E-state index in [0.29, 0.717) is 24.5 Å². The van der Waals surface area contributed by atoms with Crippen LogP contribution in [0.15, 0.2) is 24.3 Å². The summed E-state index contributed by atoms with van der Waals surface area (Å²) in [5.74, 6) is 5.26. The van der Waals surface area contributed by atoms with E-state index in [4.69, 9.17) is 15.3 Å². The fourth-order valence-electron chi connectivity index (χ4n) is 1.43. The van der Waals surface area contributed by atoms with E-state index in [2.05, 4.69) is 12.3 Å². The zero-order valence-corrected chi connectivity index (χ0v) is 11.7. The highest BCUT2D eigenvalue weighted by atomic mass is 16.5. The largest absolute Gasteiger partial charge is 0.490 e. The van der Waals surface area contributed by atoms with Crippen molar-refractivity contribution < 1.29 is 14.3 Å². The standard InChI is InChI=1S/C14H22N2O3/c1-4-14(2,3)19-10-9-18-12-8-6-5-7-11(12)13(17)16-15/h5-8H,4,9-10,15H2,1-3H3,(H,16,17). The molecule has 0 unspecified atom stereocenters. The number of hydrogen-bond donors (Lipinski definition) is 2. The molecule has 0 saturated carbocycles. The second-order valence-electron chi connectivity index (χ2n) is 4.78. The average Bonchev–Trinajstić information content (AvgIpc) is 2.43. The van der Waals surface area contributed by atoms with Crippen LogP contribution in [-0.2, 0) is 4.74 Å². The molecule has 0 aliphatic heterocycles. The van der Waals surface area contributed by atoms with Crippen LogP contribution < -0.4 is 16.0 Å². The van der Waals surface area contributed by atoms with Gasteiger partial charge in [0.25, 0.3) is 5.91 Å². The van der Waals surface area contributed by atoms with Crippen molar-refractivity contribution in [1.29, 1.82) is 0 Å². The second kappa shape index (κ2) is 7.11. The molecule has 5 nitrogen and oxygen atoms in total. The summed E-state index contributed by atoms with van der Waals surface area (Å²) < 4.78 is 11.2. The molecule has 19 heavy (non-hydrogen) atoms.